The number of fused-ring (bicyclic) bond motifs is 1. The Morgan fingerprint density at radius 1 is 1.26 bits per heavy atom. The Balaban J connectivity index is 1.69. The number of hydrogen-bond acceptors (Lipinski definition) is 5. The summed E-state index contributed by atoms with van der Waals surface area (Å²) in [7, 11) is 0. The Bertz CT molecular complexity index is 820. The van der Waals surface area contributed by atoms with Crippen molar-refractivity contribution in [2.75, 3.05) is 13.2 Å². The van der Waals surface area contributed by atoms with E-state index in [0.29, 0.717) is 30.5 Å². The molecule has 3 aromatic rings. The lowest BCUT2D eigenvalue weighted by Gasteiger charge is -2.23. The number of carbonyl (C=O) groups excluding carboxylic acids is 1. The van der Waals surface area contributed by atoms with Crippen LogP contribution in [0.25, 0.3) is 11.5 Å². The molecule has 8 nitrogen and oxygen atoms in total. The van der Waals surface area contributed by atoms with Gasteiger partial charge in [0, 0.05) is 50.1 Å². The highest BCUT2D eigenvalue weighted by Crippen LogP contribution is 2.12. The molecule has 0 aliphatic carbocycles. The second-order valence-corrected chi connectivity index (χ2v) is 5.42. The Morgan fingerprint density at radius 3 is 2.91 bits per heavy atom. The number of hydrogen-bond donors (Lipinski definition) is 1. The average molecular weight is 312 g/mol. The fourth-order valence-electron chi connectivity index (χ4n) is 2.69. The summed E-state index contributed by atoms with van der Waals surface area (Å²) in [6, 6.07) is 1.93. The molecule has 1 N–H and O–H groups in total. The summed E-state index contributed by atoms with van der Waals surface area (Å²) in [6.45, 7) is 1.35. The normalized spacial score (nSPS) is 15.8. The minimum atomic E-state index is -0.207. The molecule has 4 rings (SSSR count). The third kappa shape index (κ3) is 2.68. The fraction of sp³-hybridized carbons (Fsp3) is 0.333. The fourth-order valence-corrected chi connectivity index (χ4v) is 2.69. The summed E-state index contributed by atoms with van der Waals surface area (Å²) in [4.78, 5) is 25.4. The molecule has 1 aliphatic rings. The van der Waals surface area contributed by atoms with E-state index in [1.54, 1.807) is 40.1 Å². The third-order valence-corrected chi connectivity index (χ3v) is 3.90. The van der Waals surface area contributed by atoms with Gasteiger partial charge in [-0.05, 0) is 12.8 Å². The van der Waals surface area contributed by atoms with Crippen LogP contribution in [0.3, 0.4) is 0 Å². The van der Waals surface area contributed by atoms with Crippen LogP contribution >= 0.6 is 0 Å². The Hall–Kier alpha value is -2.74. The van der Waals surface area contributed by atoms with Crippen LogP contribution in [0.15, 0.2) is 37.2 Å². The van der Waals surface area contributed by atoms with Crippen LogP contribution in [-0.4, -0.2) is 49.1 Å². The van der Waals surface area contributed by atoms with E-state index < -0.39 is 0 Å². The minimum absolute atomic E-state index is 0.119. The molecular formula is C15H16N6O2. The van der Waals surface area contributed by atoms with E-state index in [1.807, 2.05) is 6.07 Å². The van der Waals surface area contributed by atoms with Crippen molar-refractivity contribution in [2.24, 2.45) is 0 Å². The van der Waals surface area contributed by atoms with Crippen molar-refractivity contribution in [3.05, 3.63) is 43.0 Å². The third-order valence-electron chi connectivity index (χ3n) is 3.90. The number of nitrogens with zero attached hydrogens (tertiary/aromatic N) is 5. The van der Waals surface area contributed by atoms with Crippen LogP contribution < -0.4 is 5.32 Å². The molecule has 1 amide bonds. The van der Waals surface area contributed by atoms with Crippen molar-refractivity contribution in [3.8, 4) is 5.82 Å². The SMILES string of the molecule is O=C(NC1CCOCC1)c1nc(-n2ccnc2)cc2nccn12. The maximum atomic E-state index is 12.7. The van der Waals surface area contributed by atoms with Gasteiger partial charge in [-0.3, -0.25) is 13.8 Å². The first-order valence-electron chi connectivity index (χ1n) is 7.52. The van der Waals surface area contributed by atoms with Gasteiger partial charge in [0.25, 0.3) is 5.91 Å². The monoisotopic (exact) mass is 312 g/mol. The first kappa shape index (κ1) is 13.9. The highest BCUT2D eigenvalue weighted by Gasteiger charge is 2.20. The van der Waals surface area contributed by atoms with Crippen LogP contribution in [0.5, 0.6) is 0 Å². The predicted molar refractivity (Wildman–Crippen MR) is 81.4 cm³/mol. The average Bonchev–Trinajstić information content (AvgIpc) is 3.26. The summed E-state index contributed by atoms with van der Waals surface area (Å²) < 4.78 is 8.76. The summed E-state index contributed by atoms with van der Waals surface area (Å²) in [5.41, 5.74) is 0.667. The number of rotatable bonds is 3. The van der Waals surface area contributed by atoms with Gasteiger partial charge in [-0.2, -0.15) is 0 Å². The van der Waals surface area contributed by atoms with Crippen molar-refractivity contribution in [3.63, 3.8) is 0 Å². The molecule has 0 bridgehead atoms. The van der Waals surface area contributed by atoms with E-state index in [1.165, 1.54) is 0 Å². The molecule has 3 aromatic heterocycles. The maximum absolute atomic E-state index is 12.7. The van der Waals surface area contributed by atoms with Gasteiger partial charge < -0.3 is 10.1 Å². The molecule has 8 heteroatoms. The number of ether oxygens (including phenoxy) is 1. The maximum Gasteiger partial charge on any atom is 0.288 e. The number of carbonyl (C=O) groups is 1. The van der Waals surface area contributed by atoms with Crippen LogP contribution in [0.1, 0.15) is 23.5 Å². The molecule has 0 atom stereocenters. The Kier molecular flexibility index (Phi) is 3.51. The second kappa shape index (κ2) is 5.81. The molecular weight excluding hydrogens is 296 g/mol. The van der Waals surface area contributed by atoms with Crippen LogP contribution in [0.2, 0.25) is 0 Å². The van der Waals surface area contributed by atoms with Gasteiger partial charge in [-0.1, -0.05) is 0 Å². The summed E-state index contributed by atoms with van der Waals surface area (Å²) in [5.74, 6) is 0.718. The second-order valence-electron chi connectivity index (χ2n) is 5.42. The zero-order chi connectivity index (χ0) is 15.6. The van der Waals surface area contributed by atoms with Gasteiger partial charge in [-0.25, -0.2) is 15.0 Å². The number of aromatic nitrogens is 5. The minimum Gasteiger partial charge on any atom is -0.381 e. The molecule has 1 fully saturated rings. The van der Waals surface area contributed by atoms with E-state index in [4.69, 9.17) is 4.74 Å². The van der Waals surface area contributed by atoms with Crippen LogP contribution in [0.4, 0.5) is 0 Å². The van der Waals surface area contributed by atoms with Crippen LogP contribution in [-0.2, 0) is 4.74 Å². The first-order valence-corrected chi connectivity index (χ1v) is 7.52. The largest absolute Gasteiger partial charge is 0.381 e. The topological polar surface area (TPSA) is 86.3 Å². The molecule has 0 saturated carbocycles. The zero-order valence-corrected chi connectivity index (χ0v) is 12.4. The first-order chi connectivity index (χ1) is 11.3. The summed E-state index contributed by atoms with van der Waals surface area (Å²) >= 11 is 0. The lowest BCUT2D eigenvalue weighted by Crippen LogP contribution is -2.40. The van der Waals surface area contributed by atoms with E-state index in [0.717, 1.165) is 12.8 Å². The highest BCUT2D eigenvalue weighted by molar-refractivity contribution is 5.91. The smallest absolute Gasteiger partial charge is 0.288 e. The number of imidazole rings is 2. The van der Waals surface area contributed by atoms with E-state index >= 15 is 0 Å². The van der Waals surface area contributed by atoms with Gasteiger partial charge in [0.2, 0.25) is 5.82 Å². The number of nitrogens with one attached hydrogen (secondary N) is 1. The molecule has 1 saturated heterocycles. The molecule has 0 radical (unpaired) electrons. The predicted octanol–water partition coefficient (Wildman–Crippen LogP) is 0.824. The van der Waals surface area contributed by atoms with Crippen molar-refractivity contribution >= 4 is 11.6 Å². The molecule has 4 heterocycles. The Labute approximate surface area is 132 Å². The lowest BCUT2D eigenvalue weighted by atomic mass is 10.1. The van der Waals surface area contributed by atoms with Gasteiger partial charge in [0.15, 0.2) is 0 Å². The number of amides is 1. The quantitative estimate of drug-likeness (QED) is 0.774. The lowest BCUT2D eigenvalue weighted by molar-refractivity contribution is 0.0691. The van der Waals surface area contributed by atoms with E-state index in [-0.39, 0.29) is 11.9 Å². The van der Waals surface area contributed by atoms with Crippen molar-refractivity contribution in [1.29, 1.82) is 0 Å². The molecule has 0 spiro atoms. The molecule has 23 heavy (non-hydrogen) atoms. The molecule has 0 unspecified atom stereocenters. The molecule has 1 aliphatic heterocycles. The van der Waals surface area contributed by atoms with Crippen molar-refractivity contribution in [1.82, 2.24) is 29.2 Å². The summed E-state index contributed by atoms with van der Waals surface area (Å²) in [6.07, 6.45) is 10.1. The van der Waals surface area contributed by atoms with Gasteiger partial charge >= 0.3 is 0 Å². The van der Waals surface area contributed by atoms with Crippen molar-refractivity contribution < 1.29 is 9.53 Å². The van der Waals surface area contributed by atoms with Crippen molar-refractivity contribution in [2.45, 2.75) is 18.9 Å². The highest BCUT2D eigenvalue weighted by atomic mass is 16.5. The van der Waals surface area contributed by atoms with Gasteiger partial charge in [0.05, 0.1) is 0 Å². The van der Waals surface area contributed by atoms with Gasteiger partial charge in [-0.15, -0.1) is 0 Å². The summed E-state index contributed by atoms with van der Waals surface area (Å²) in [5, 5.41) is 3.03. The molecule has 0 aromatic carbocycles. The van der Waals surface area contributed by atoms with E-state index in [2.05, 4.69) is 20.3 Å². The molecule has 118 valence electrons. The van der Waals surface area contributed by atoms with Crippen LogP contribution in [0, 0.1) is 0 Å². The zero-order valence-electron chi connectivity index (χ0n) is 12.4. The standard InChI is InChI=1S/C15H16N6O2/c22-15(18-11-1-7-23-8-2-11)14-19-13(20-5-3-16-10-20)9-12-17-4-6-21(12)14/h3-6,9-11H,1-2,7-8H2,(H,18,22). The Morgan fingerprint density at radius 2 is 2.13 bits per heavy atom. The van der Waals surface area contributed by atoms with E-state index in [9.17, 15) is 4.79 Å². The van der Waals surface area contributed by atoms with Gasteiger partial charge in [0.1, 0.15) is 17.8 Å².